The van der Waals surface area contributed by atoms with Crippen LogP contribution < -0.4 is 5.32 Å². The van der Waals surface area contributed by atoms with Gasteiger partial charge in [-0.2, -0.15) is 0 Å². The van der Waals surface area contributed by atoms with Crippen LogP contribution in [0.25, 0.3) is 10.6 Å². The largest absolute Gasteiger partial charge is 0.445 e. The SMILES string of the molecule is CC(C(=O)NC(C(=O)N1CCC2C1C(c1csc(-c3ccc(F)cc3)n1)CN2C(=O)OCc1ccccc1)C(C)(C)C)N(C)C(=O)OC(C)(C)C. The average molecular weight is 722 g/mol. The molecule has 11 nitrogen and oxygen atoms in total. The predicted octanol–water partition coefficient (Wildman–Crippen LogP) is 6.44. The summed E-state index contributed by atoms with van der Waals surface area (Å²) < 4.78 is 24.9. The molecule has 4 amide bonds. The van der Waals surface area contributed by atoms with E-state index in [0.717, 1.165) is 16.8 Å². The molecule has 1 aromatic heterocycles. The second kappa shape index (κ2) is 15.0. The third kappa shape index (κ3) is 8.69. The highest BCUT2D eigenvalue weighted by Gasteiger charge is 2.55. The van der Waals surface area contributed by atoms with E-state index in [1.165, 1.54) is 35.4 Å². The van der Waals surface area contributed by atoms with Crippen LogP contribution in [0.1, 0.15) is 72.1 Å². The maximum absolute atomic E-state index is 14.6. The summed E-state index contributed by atoms with van der Waals surface area (Å²) in [5.74, 6) is -1.46. The van der Waals surface area contributed by atoms with E-state index < -0.39 is 47.2 Å². The van der Waals surface area contributed by atoms with E-state index in [4.69, 9.17) is 14.5 Å². The summed E-state index contributed by atoms with van der Waals surface area (Å²) in [7, 11) is 1.49. The zero-order chi connectivity index (χ0) is 37.2. The van der Waals surface area contributed by atoms with Crippen LogP contribution in [-0.2, 0) is 25.7 Å². The fraction of sp³-hybridized carbons (Fsp3) is 0.500. The molecule has 0 radical (unpaired) electrons. The number of nitrogens with one attached hydrogen (secondary N) is 1. The molecule has 274 valence electrons. The minimum Gasteiger partial charge on any atom is -0.445 e. The van der Waals surface area contributed by atoms with Crippen molar-refractivity contribution >= 4 is 35.3 Å². The molecule has 1 N–H and O–H groups in total. The molecule has 13 heteroatoms. The van der Waals surface area contributed by atoms with Crippen molar-refractivity contribution in [2.75, 3.05) is 20.1 Å². The molecule has 0 bridgehead atoms. The molecule has 2 saturated heterocycles. The van der Waals surface area contributed by atoms with Crippen LogP contribution in [0, 0.1) is 11.2 Å². The smallest absolute Gasteiger partial charge is 0.410 e. The lowest BCUT2D eigenvalue weighted by atomic mass is 9.85. The number of thiazole rings is 1. The molecule has 2 aliphatic heterocycles. The van der Waals surface area contributed by atoms with E-state index in [1.807, 2.05) is 56.5 Å². The standard InChI is InChI=1S/C38H48FN5O6S/c1-23(42(8)35(47)50-38(5,6)7)32(45)41-31(37(2,3)4)34(46)43-19-18-29-30(43)27(20-44(29)36(48)49-21-24-12-10-9-11-13-24)28-22-51-33(40-28)25-14-16-26(39)17-15-25/h9-17,22-23,27,29-31H,18-21H2,1-8H3,(H,41,45). The Morgan fingerprint density at radius 2 is 1.69 bits per heavy atom. The number of likely N-dealkylation sites (tertiary alicyclic amines) is 2. The normalized spacial score (nSPS) is 20.0. The molecular formula is C38H48FN5O6S. The summed E-state index contributed by atoms with van der Waals surface area (Å²) in [5, 5.41) is 5.57. The maximum atomic E-state index is 14.6. The number of amides is 4. The number of halogens is 1. The van der Waals surface area contributed by atoms with E-state index in [-0.39, 0.29) is 36.8 Å². The van der Waals surface area contributed by atoms with Gasteiger partial charge in [-0.05, 0) is 69.4 Å². The van der Waals surface area contributed by atoms with Crippen LogP contribution in [0.2, 0.25) is 0 Å². The average Bonchev–Trinajstić information content (AvgIpc) is 3.81. The molecule has 5 atom stereocenters. The minimum absolute atomic E-state index is 0.111. The molecule has 2 aliphatic rings. The van der Waals surface area contributed by atoms with Crippen molar-refractivity contribution in [3.8, 4) is 10.6 Å². The molecule has 5 rings (SSSR count). The van der Waals surface area contributed by atoms with E-state index in [2.05, 4.69) is 5.32 Å². The number of hydrogen-bond acceptors (Lipinski definition) is 8. The first kappa shape index (κ1) is 37.7. The van der Waals surface area contributed by atoms with Crippen molar-refractivity contribution in [1.82, 2.24) is 25.0 Å². The topological polar surface area (TPSA) is 121 Å². The lowest BCUT2D eigenvalue weighted by Gasteiger charge is -2.37. The van der Waals surface area contributed by atoms with Gasteiger partial charge in [0.15, 0.2) is 0 Å². The molecule has 0 saturated carbocycles. The Labute approximate surface area is 303 Å². The van der Waals surface area contributed by atoms with Crippen molar-refractivity contribution in [2.45, 2.75) is 97.2 Å². The van der Waals surface area contributed by atoms with Gasteiger partial charge in [0.1, 0.15) is 35.1 Å². The van der Waals surface area contributed by atoms with E-state index >= 15 is 0 Å². The Bertz CT molecular complexity index is 1720. The molecule has 3 heterocycles. The van der Waals surface area contributed by atoms with Crippen LogP contribution in [0.4, 0.5) is 14.0 Å². The van der Waals surface area contributed by atoms with Crippen LogP contribution in [0.5, 0.6) is 0 Å². The van der Waals surface area contributed by atoms with E-state index in [0.29, 0.717) is 18.0 Å². The highest BCUT2D eigenvalue weighted by atomic mass is 32.1. The fourth-order valence-electron chi connectivity index (χ4n) is 6.54. The third-order valence-corrected chi connectivity index (χ3v) is 10.3. The second-order valence-electron chi connectivity index (χ2n) is 15.3. The summed E-state index contributed by atoms with van der Waals surface area (Å²) in [5.41, 5.74) is 0.903. The van der Waals surface area contributed by atoms with Crippen molar-refractivity contribution in [3.63, 3.8) is 0 Å². The molecule has 0 spiro atoms. The van der Waals surface area contributed by atoms with Crippen LogP contribution in [0.3, 0.4) is 0 Å². The molecule has 0 aliphatic carbocycles. The zero-order valence-electron chi connectivity index (χ0n) is 30.5. The van der Waals surface area contributed by atoms with E-state index in [1.54, 1.807) is 49.6 Å². The Hall–Kier alpha value is -4.52. The van der Waals surface area contributed by atoms with Crippen LogP contribution >= 0.6 is 11.3 Å². The summed E-state index contributed by atoms with van der Waals surface area (Å²) in [6.45, 7) is 13.2. The first-order valence-electron chi connectivity index (χ1n) is 17.2. The number of aromatic nitrogens is 1. The Morgan fingerprint density at radius 3 is 2.31 bits per heavy atom. The number of carbonyl (C=O) groups is 4. The summed E-state index contributed by atoms with van der Waals surface area (Å²) in [6.07, 6.45) is -0.605. The number of fused-ring (bicyclic) bond motifs is 1. The Kier molecular flexibility index (Phi) is 11.1. The van der Waals surface area contributed by atoms with Gasteiger partial charge in [-0.3, -0.25) is 14.5 Å². The summed E-state index contributed by atoms with van der Waals surface area (Å²) in [4.78, 5) is 64.2. The molecule has 2 fully saturated rings. The van der Waals surface area contributed by atoms with Gasteiger partial charge >= 0.3 is 12.2 Å². The van der Waals surface area contributed by atoms with E-state index in [9.17, 15) is 23.6 Å². The van der Waals surface area contributed by atoms with Gasteiger partial charge in [-0.1, -0.05) is 51.1 Å². The first-order chi connectivity index (χ1) is 23.9. The monoisotopic (exact) mass is 721 g/mol. The van der Waals surface area contributed by atoms with Gasteiger partial charge in [0.25, 0.3) is 0 Å². The number of nitrogens with zero attached hydrogens (tertiary/aromatic N) is 4. The van der Waals surface area contributed by atoms with Gasteiger partial charge in [-0.15, -0.1) is 11.3 Å². The van der Waals surface area contributed by atoms with Crippen molar-refractivity contribution < 1.29 is 33.0 Å². The second-order valence-corrected chi connectivity index (χ2v) is 16.2. The minimum atomic E-state index is -0.942. The molecule has 51 heavy (non-hydrogen) atoms. The number of likely N-dealkylation sites (N-methyl/N-ethyl adjacent to an activating group) is 1. The predicted molar refractivity (Wildman–Crippen MR) is 192 cm³/mol. The first-order valence-corrected chi connectivity index (χ1v) is 18.1. The van der Waals surface area contributed by atoms with Gasteiger partial charge < -0.3 is 24.6 Å². The van der Waals surface area contributed by atoms with Crippen molar-refractivity contribution in [3.05, 3.63) is 77.1 Å². The van der Waals surface area contributed by atoms with Crippen LogP contribution in [-0.4, -0.2) is 93.6 Å². The zero-order valence-corrected chi connectivity index (χ0v) is 31.3. The quantitative estimate of drug-likeness (QED) is 0.284. The number of rotatable bonds is 8. The fourth-order valence-corrected chi connectivity index (χ4v) is 7.43. The lowest BCUT2D eigenvalue weighted by molar-refractivity contribution is -0.141. The highest BCUT2D eigenvalue weighted by Crippen LogP contribution is 2.43. The van der Waals surface area contributed by atoms with Gasteiger partial charge in [-0.25, -0.2) is 19.0 Å². The highest BCUT2D eigenvalue weighted by molar-refractivity contribution is 7.13. The van der Waals surface area contributed by atoms with Gasteiger partial charge in [0.05, 0.1) is 17.8 Å². The lowest BCUT2D eigenvalue weighted by Crippen LogP contribution is -2.59. The number of benzene rings is 2. The third-order valence-electron chi connectivity index (χ3n) is 9.38. The summed E-state index contributed by atoms with van der Waals surface area (Å²) >= 11 is 1.42. The van der Waals surface area contributed by atoms with Crippen LogP contribution in [0.15, 0.2) is 60.0 Å². The number of hydrogen-bond donors (Lipinski definition) is 1. The Balaban J connectivity index is 1.41. The Morgan fingerprint density at radius 1 is 1.02 bits per heavy atom. The molecular weight excluding hydrogens is 674 g/mol. The van der Waals surface area contributed by atoms with Gasteiger partial charge in [0.2, 0.25) is 11.8 Å². The van der Waals surface area contributed by atoms with Gasteiger partial charge in [0, 0.05) is 37.0 Å². The van der Waals surface area contributed by atoms with Crippen molar-refractivity contribution in [2.24, 2.45) is 5.41 Å². The van der Waals surface area contributed by atoms with Crippen molar-refractivity contribution in [1.29, 1.82) is 0 Å². The number of carbonyl (C=O) groups excluding carboxylic acids is 4. The maximum Gasteiger partial charge on any atom is 0.410 e. The molecule has 5 unspecified atom stereocenters. The summed E-state index contributed by atoms with van der Waals surface area (Å²) in [6, 6.07) is 12.9. The number of ether oxygens (including phenoxy) is 2. The molecule has 2 aromatic carbocycles. The molecule has 3 aromatic rings.